The number of anilines is 1. The molecule has 1 atom stereocenters. The van der Waals surface area contributed by atoms with Crippen LogP contribution in [0.2, 0.25) is 0 Å². The Morgan fingerprint density at radius 3 is 2.73 bits per heavy atom. The van der Waals surface area contributed by atoms with Crippen LogP contribution in [-0.2, 0) is 4.79 Å². The zero-order valence-electron chi connectivity index (χ0n) is 15.1. The lowest BCUT2D eigenvalue weighted by Crippen LogP contribution is -2.27. The molecule has 2 aromatic carbocycles. The van der Waals surface area contributed by atoms with Gasteiger partial charge >= 0.3 is 0 Å². The molecular formula is C21H21NO2S2. The maximum absolute atomic E-state index is 12.9. The molecule has 0 spiro atoms. The molecule has 3 rings (SSSR count). The van der Waals surface area contributed by atoms with Crippen molar-refractivity contribution in [3.63, 3.8) is 0 Å². The number of thiocarbonyl (C=S) groups is 1. The summed E-state index contributed by atoms with van der Waals surface area (Å²) in [6, 6.07) is 15.6. The van der Waals surface area contributed by atoms with Crippen LogP contribution in [0, 0.1) is 6.92 Å². The molecular weight excluding hydrogens is 362 g/mol. The standard InChI is InChI=1S/C21H21NO2S2/c1-4-15(3)24-18-11-6-5-9-16(18)13-19-20(23)22(21(25)26-19)17-10-7-8-14(2)12-17/h5-13,15H,4H2,1-3H3/b19-13-/t15-/m1/s1. The van der Waals surface area contributed by atoms with Crippen molar-refractivity contribution in [3.8, 4) is 5.75 Å². The van der Waals surface area contributed by atoms with E-state index in [1.165, 1.54) is 11.8 Å². The molecule has 3 nitrogen and oxygen atoms in total. The zero-order chi connectivity index (χ0) is 18.7. The van der Waals surface area contributed by atoms with E-state index in [1.54, 1.807) is 4.90 Å². The van der Waals surface area contributed by atoms with Gasteiger partial charge in [0.15, 0.2) is 4.32 Å². The lowest BCUT2D eigenvalue weighted by atomic mass is 10.1. The molecule has 1 aliphatic heterocycles. The van der Waals surface area contributed by atoms with Gasteiger partial charge in [-0.3, -0.25) is 9.69 Å². The minimum atomic E-state index is -0.0936. The molecule has 1 aliphatic rings. The number of carbonyl (C=O) groups excluding carboxylic acids is 1. The maximum Gasteiger partial charge on any atom is 0.270 e. The van der Waals surface area contributed by atoms with Crippen molar-refractivity contribution in [2.45, 2.75) is 33.3 Å². The Hall–Kier alpha value is -2.11. The summed E-state index contributed by atoms with van der Waals surface area (Å²) in [5.41, 5.74) is 2.78. The van der Waals surface area contributed by atoms with Gasteiger partial charge in [0.05, 0.1) is 16.7 Å². The average Bonchev–Trinajstić information content (AvgIpc) is 2.90. The Kier molecular flexibility index (Phi) is 5.79. The Labute approximate surface area is 164 Å². The number of benzene rings is 2. The van der Waals surface area contributed by atoms with Crippen LogP contribution in [0.25, 0.3) is 6.08 Å². The molecule has 0 aliphatic carbocycles. The van der Waals surface area contributed by atoms with Crippen LogP contribution in [-0.4, -0.2) is 16.3 Å². The molecule has 0 bridgehead atoms. The number of carbonyl (C=O) groups is 1. The van der Waals surface area contributed by atoms with Gasteiger partial charge in [-0.05, 0) is 50.1 Å². The fourth-order valence-electron chi connectivity index (χ4n) is 2.61. The number of hydrogen-bond acceptors (Lipinski definition) is 4. The Morgan fingerprint density at radius 2 is 2.00 bits per heavy atom. The summed E-state index contributed by atoms with van der Waals surface area (Å²) in [4.78, 5) is 15.1. The SMILES string of the molecule is CC[C@@H](C)Oc1ccccc1/C=C1\SC(=S)N(c2cccc(C)c2)C1=O. The van der Waals surface area contributed by atoms with Gasteiger partial charge in [0.25, 0.3) is 5.91 Å². The third-order valence-corrected chi connectivity index (χ3v) is 5.46. The third-order valence-electron chi connectivity index (χ3n) is 4.16. The molecule has 1 fully saturated rings. The van der Waals surface area contributed by atoms with Gasteiger partial charge in [0.2, 0.25) is 0 Å². The number of thioether (sulfide) groups is 1. The zero-order valence-corrected chi connectivity index (χ0v) is 16.7. The Morgan fingerprint density at radius 1 is 1.23 bits per heavy atom. The molecule has 5 heteroatoms. The van der Waals surface area contributed by atoms with Gasteiger partial charge < -0.3 is 4.74 Å². The minimum absolute atomic E-state index is 0.0936. The van der Waals surface area contributed by atoms with Crippen molar-refractivity contribution in [3.05, 3.63) is 64.6 Å². The highest BCUT2D eigenvalue weighted by molar-refractivity contribution is 8.27. The van der Waals surface area contributed by atoms with Crippen LogP contribution < -0.4 is 9.64 Å². The number of aryl methyl sites for hydroxylation is 1. The topological polar surface area (TPSA) is 29.5 Å². The second-order valence-corrected chi connectivity index (χ2v) is 7.91. The highest BCUT2D eigenvalue weighted by Gasteiger charge is 2.33. The molecule has 0 aromatic heterocycles. The van der Waals surface area contributed by atoms with Crippen LogP contribution in [0.15, 0.2) is 53.4 Å². The highest BCUT2D eigenvalue weighted by Crippen LogP contribution is 2.37. The van der Waals surface area contributed by atoms with Crippen LogP contribution in [0.4, 0.5) is 5.69 Å². The average molecular weight is 384 g/mol. The maximum atomic E-state index is 12.9. The van der Waals surface area contributed by atoms with Crippen molar-refractivity contribution in [2.24, 2.45) is 0 Å². The third kappa shape index (κ3) is 4.00. The molecule has 0 N–H and O–H groups in total. The number of rotatable bonds is 5. The molecule has 0 saturated carbocycles. The molecule has 134 valence electrons. The molecule has 1 amide bonds. The predicted molar refractivity (Wildman–Crippen MR) is 114 cm³/mol. The van der Waals surface area contributed by atoms with Gasteiger partial charge in [-0.25, -0.2) is 0 Å². The number of hydrogen-bond donors (Lipinski definition) is 0. The fourth-order valence-corrected chi connectivity index (χ4v) is 3.90. The van der Waals surface area contributed by atoms with Gasteiger partial charge in [-0.2, -0.15) is 0 Å². The van der Waals surface area contributed by atoms with Crippen molar-refractivity contribution in [1.82, 2.24) is 0 Å². The predicted octanol–water partition coefficient (Wildman–Crippen LogP) is 5.58. The van der Waals surface area contributed by atoms with E-state index in [1.807, 2.05) is 68.5 Å². The summed E-state index contributed by atoms with van der Waals surface area (Å²) >= 11 is 6.78. The minimum Gasteiger partial charge on any atom is -0.490 e. The van der Waals surface area contributed by atoms with Crippen LogP contribution in [0.3, 0.4) is 0 Å². The van der Waals surface area contributed by atoms with E-state index in [2.05, 4.69) is 6.92 Å². The summed E-state index contributed by atoms with van der Waals surface area (Å²) in [6.45, 7) is 6.12. The van der Waals surface area contributed by atoms with E-state index in [0.717, 1.165) is 29.0 Å². The van der Waals surface area contributed by atoms with E-state index in [4.69, 9.17) is 17.0 Å². The molecule has 1 heterocycles. The fraction of sp³-hybridized carbons (Fsp3) is 0.238. The molecule has 0 unspecified atom stereocenters. The van der Waals surface area contributed by atoms with Gasteiger partial charge in [-0.1, -0.05) is 61.2 Å². The van der Waals surface area contributed by atoms with Gasteiger partial charge in [0.1, 0.15) is 5.75 Å². The number of ether oxygens (including phenoxy) is 1. The normalized spacial score (nSPS) is 17.0. The van der Waals surface area contributed by atoms with Gasteiger partial charge in [-0.15, -0.1) is 0 Å². The lowest BCUT2D eigenvalue weighted by molar-refractivity contribution is -0.113. The van der Waals surface area contributed by atoms with E-state index in [0.29, 0.717) is 9.23 Å². The van der Waals surface area contributed by atoms with Crippen molar-refractivity contribution < 1.29 is 9.53 Å². The molecule has 1 saturated heterocycles. The van der Waals surface area contributed by atoms with Crippen molar-refractivity contribution >= 4 is 46.0 Å². The number of para-hydroxylation sites is 1. The smallest absolute Gasteiger partial charge is 0.270 e. The van der Waals surface area contributed by atoms with Crippen LogP contribution >= 0.6 is 24.0 Å². The van der Waals surface area contributed by atoms with Crippen LogP contribution in [0.1, 0.15) is 31.4 Å². The molecule has 26 heavy (non-hydrogen) atoms. The number of amides is 1. The van der Waals surface area contributed by atoms with Gasteiger partial charge in [0, 0.05) is 5.56 Å². The van der Waals surface area contributed by atoms with Crippen LogP contribution in [0.5, 0.6) is 5.75 Å². The Balaban J connectivity index is 1.92. The van der Waals surface area contributed by atoms with E-state index in [9.17, 15) is 4.79 Å². The summed E-state index contributed by atoms with van der Waals surface area (Å²) in [5.74, 6) is 0.687. The first kappa shape index (κ1) is 18.7. The van der Waals surface area contributed by atoms with E-state index < -0.39 is 0 Å². The lowest BCUT2D eigenvalue weighted by Gasteiger charge is -2.15. The second-order valence-electron chi connectivity index (χ2n) is 6.23. The molecule has 0 radical (unpaired) electrons. The summed E-state index contributed by atoms with van der Waals surface area (Å²) in [7, 11) is 0. The largest absolute Gasteiger partial charge is 0.490 e. The number of nitrogens with zero attached hydrogens (tertiary/aromatic N) is 1. The highest BCUT2D eigenvalue weighted by atomic mass is 32.2. The quantitative estimate of drug-likeness (QED) is 0.498. The monoisotopic (exact) mass is 383 g/mol. The first-order chi connectivity index (χ1) is 12.5. The summed E-state index contributed by atoms with van der Waals surface area (Å²) in [6.07, 6.45) is 2.91. The summed E-state index contributed by atoms with van der Waals surface area (Å²) in [5, 5.41) is 0. The molecule has 2 aromatic rings. The second kappa shape index (κ2) is 8.06. The van der Waals surface area contributed by atoms with E-state index >= 15 is 0 Å². The first-order valence-electron chi connectivity index (χ1n) is 8.60. The Bertz CT molecular complexity index is 876. The van der Waals surface area contributed by atoms with Crippen molar-refractivity contribution in [2.75, 3.05) is 4.90 Å². The van der Waals surface area contributed by atoms with Crippen molar-refractivity contribution in [1.29, 1.82) is 0 Å². The summed E-state index contributed by atoms with van der Waals surface area (Å²) < 4.78 is 6.53. The first-order valence-corrected chi connectivity index (χ1v) is 9.82. The van der Waals surface area contributed by atoms with E-state index in [-0.39, 0.29) is 12.0 Å².